The molecule has 0 amide bonds. The van der Waals surface area contributed by atoms with Crippen molar-refractivity contribution in [2.75, 3.05) is 6.54 Å². The maximum Gasteiger partial charge on any atom is 0.252 e. The van der Waals surface area contributed by atoms with Crippen LogP contribution in [-0.2, 0) is 16.6 Å². The molecular formula is C13H14FNO2S2. The van der Waals surface area contributed by atoms with Gasteiger partial charge < -0.3 is 0 Å². The lowest BCUT2D eigenvalue weighted by molar-refractivity contribution is 0.424. The average molecular weight is 299 g/mol. The Balaban J connectivity index is 2.26. The van der Waals surface area contributed by atoms with Crippen LogP contribution in [0.15, 0.2) is 46.0 Å². The van der Waals surface area contributed by atoms with E-state index in [0.717, 1.165) is 0 Å². The number of benzene rings is 1. The van der Waals surface area contributed by atoms with Crippen molar-refractivity contribution in [3.05, 3.63) is 53.2 Å². The molecule has 0 saturated heterocycles. The summed E-state index contributed by atoms with van der Waals surface area (Å²) in [5.74, 6) is -0.359. The molecule has 0 aliphatic carbocycles. The monoisotopic (exact) mass is 299 g/mol. The fourth-order valence-electron chi connectivity index (χ4n) is 1.74. The van der Waals surface area contributed by atoms with Gasteiger partial charge in [-0.2, -0.15) is 4.31 Å². The summed E-state index contributed by atoms with van der Waals surface area (Å²) in [4.78, 5) is 0. The van der Waals surface area contributed by atoms with Crippen molar-refractivity contribution in [2.45, 2.75) is 17.7 Å². The van der Waals surface area contributed by atoms with Gasteiger partial charge in [0.2, 0.25) is 0 Å². The van der Waals surface area contributed by atoms with Crippen molar-refractivity contribution in [1.29, 1.82) is 0 Å². The molecular weight excluding hydrogens is 285 g/mol. The SMILES string of the molecule is CCN(Cc1cccc(F)c1)S(=O)(=O)c1cccs1. The number of hydrogen-bond donors (Lipinski definition) is 0. The van der Waals surface area contributed by atoms with Gasteiger partial charge >= 0.3 is 0 Å². The maximum atomic E-state index is 13.1. The Bertz CT molecular complexity index is 638. The van der Waals surface area contributed by atoms with Crippen molar-refractivity contribution >= 4 is 21.4 Å². The Morgan fingerprint density at radius 2 is 2.05 bits per heavy atom. The molecule has 0 aliphatic heterocycles. The van der Waals surface area contributed by atoms with Crippen molar-refractivity contribution < 1.29 is 12.8 Å². The molecule has 0 N–H and O–H groups in total. The molecule has 2 aromatic rings. The minimum Gasteiger partial charge on any atom is -0.207 e. The van der Waals surface area contributed by atoms with E-state index in [0.29, 0.717) is 16.3 Å². The van der Waals surface area contributed by atoms with Crippen LogP contribution in [0.3, 0.4) is 0 Å². The maximum absolute atomic E-state index is 13.1. The minimum absolute atomic E-state index is 0.175. The van der Waals surface area contributed by atoms with Crippen LogP contribution in [0.4, 0.5) is 4.39 Å². The number of sulfonamides is 1. The van der Waals surface area contributed by atoms with Gasteiger partial charge in [0.05, 0.1) is 0 Å². The van der Waals surface area contributed by atoms with Gasteiger partial charge in [0.25, 0.3) is 10.0 Å². The predicted octanol–water partition coefficient (Wildman–Crippen LogP) is 3.10. The Morgan fingerprint density at radius 3 is 2.63 bits per heavy atom. The Hall–Kier alpha value is -1.24. The highest BCUT2D eigenvalue weighted by atomic mass is 32.2. The van der Waals surface area contributed by atoms with Gasteiger partial charge in [-0.25, -0.2) is 12.8 Å². The summed E-state index contributed by atoms with van der Waals surface area (Å²) in [7, 11) is -3.49. The second-order valence-corrected chi connectivity index (χ2v) is 7.11. The second kappa shape index (κ2) is 5.81. The topological polar surface area (TPSA) is 37.4 Å². The molecule has 0 unspecified atom stereocenters. The number of hydrogen-bond acceptors (Lipinski definition) is 3. The largest absolute Gasteiger partial charge is 0.252 e. The molecule has 0 aliphatic rings. The summed E-state index contributed by atoms with van der Waals surface area (Å²) in [5.41, 5.74) is 0.641. The molecule has 0 fully saturated rings. The molecule has 0 atom stereocenters. The highest BCUT2D eigenvalue weighted by Gasteiger charge is 2.24. The molecule has 102 valence electrons. The molecule has 0 bridgehead atoms. The van der Waals surface area contributed by atoms with Gasteiger partial charge in [-0.05, 0) is 29.1 Å². The second-order valence-electron chi connectivity index (χ2n) is 3.99. The van der Waals surface area contributed by atoms with Gasteiger partial charge in [0.1, 0.15) is 10.0 Å². The van der Waals surface area contributed by atoms with E-state index in [9.17, 15) is 12.8 Å². The van der Waals surface area contributed by atoms with Gasteiger partial charge in [0.15, 0.2) is 0 Å². The molecule has 1 heterocycles. The van der Waals surface area contributed by atoms with Crippen molar-refractivity contribution in [3.63, 3.8) is 0 Å². The standard InChI is InChI=1S/C13H14FNO2S2/c1-2-15(10-11-5-3-6-12(14)9-11)19(16,17)13-7-4-8-18-13/h3-9H,2,10H2,1H3. The van der Waals surface area contributed by atoms with E-state index in [4.69, 9.17) is 0 Å². The third kappa shape index (κ3) is 3.20. The summed E-state index contributed by atoms with van der Waals surface area (Å²) in [6, 6.07) is 9.27. The van der Waals surface area contributed by atoms with Crippen LogP contribution in [0.25, 0.3) is 0 Å². The Morgan fingerprint density at radius 1 is 1.26 bits per heavy atom. The van der Waals surface area contributed by atoms with Crippen LogP contribution < -0.4 is 0 Å². The van der Waals surface area contributed by atoms with Gasteiger partial charge in [-0.1, -0.05) is 25.1 Å². The third-order valence-electron chi connectivity index (χ3n) is 2.69. The van der Waals surface area contributed by atoms with Crippen LogP contribution in [0, 0.1) is 5.82 Å². The van der Waals surface area contributed by atoms with E-state index >= 15 is 0 Å². The third-order valence-corrected chi connectivity index (χ3v) is 5.98. The van der Waals surface area contributed by atoms with Crippen LogP contribution in [0.2, 0.25) is 0 Å². The van der Waals surface area contributed by atoms with Crippen LogP contribution in [0.1, 0.15) is 12.5 Å². The number of halogens is 1. The lowest BCUT2D eigenvalue weighted by Crippen LogP contribution is -2.29. The van der Waals surface area contributed by atoms with Crippen LogP contribution >= 0.6 is 11.3 Å². The van der Waals surface area contributed by atoms with Crippen molar-refractivity contribution in [3.8, 4) is 0 Å². The quantitative estimate of drug-likeness (QED) is 0.851. The Kier molecular flexibility index (Phi) is 4.34. The molecule has 6 heteroatoms. The zero-order chi connectivity index (χ0) is 13.9. The zero-order valence-electron chi connectivity index (χ0n) is 10.4. The van der Waals surface area contributed by atoms with Crippen LogP contribution in [-0.4, -0.2) is 19.3 Å². The summed E-state index contributed by atoms with van der Waals surface area (Å²) >= 11 is 1.18. The number of rotatable bonds is 5. The molecule has 0 saturated carbocycles. The molecule has 1 aromatic heterocycles. The molecule has 1 aromatic carbocycles. The van der Waals surface area contributed by atoms with E-state index in [1.165, 1.54) is 27.8 Å². The first kappa shape index (κ1) is 14.2. The highest BCUT2D eigenvalue weighted by Crippen LogP contribution is 2.22. The smallest absolute Gasteiger partial charge is 0.207 e. The number of nitrogens with zero attached hydrogens (tertiary/aromatic N) is 1. The van der Waals surface area contributed by atoms with Crippen molar-refractivity contribution in [2.24, 2.45) is 0 Å². The Labute approximate surface area is 116 Å². The first-order valence-corrected chi connectivity index (χ1v) is 8.14. The highest BCUT2D eigenvalue weighted by molar-refractivity contribution is 7.91. The van der Waals surface area contributed by atoms with E-state index in [1.807, 2.05) is 0 Å². The first-order chi connectivity index (χ1) is 9.04. The van der Waals surface area contributed by atoms with Gasteiger partial charge in [-0.3, -0.25) is 0 Å². The predicted molar refractivity (Wildman–Crippen MR) is 74.0 cm³/mol. The van der Waals surface area contributed by atoms with E-state index < -0.39 is 10.0 Å². The van der Waals surface area contributed by atoms with E-state index in [-0.39, 0.29) is 12.4 Å². The average Bonchev–Trinajstić information content (AvgIpc) is 2.90. The summed E-state index contributed by atoms with van der Waals surface area (Å²) in [6.45, 7) is 2.29. The van der Waals surface area contributed by atoms with Gasteiger partial charge in [0, 0.05) is 13.1 Å². The van der Waals surface area contributed by atoms with Gasteiger partial charge in [-0.15, -0.1) is 11.3 Å². The van der Waals surface area contributed by atoms with E-state index in [1.54, 1.807) is 36.6 Å². The molecule has 0 radical (unpaired) electrons. The summed E-state index contributed by atoms with van der Waals surface area (Å²) in [6.07, 6.45) is 0. The van der Waals surface area contributed by atoms with Crippen LogP contribution in [0.5, 0.6) is 0 Å². The first-order valence-electron chi connectivity index (χ1n) is 5.82. The fraction of sp³-hybridized carbons (Fsp3) is 0.231. The lowest BCUT2D eigenvalue weighted by atomic mass is 10.2. The van der Waals surface area contributed by atoms with E-state index in [2.05, 4.69) is 0 Å². The minimum atomic E-state index is -3.49. The zero-order valence-corrected chi connectivity index (χ0v) is 12.0. The molecule has 19 heavy (non-hydrogen) atoms. The molecule has 0 spiro atoms. The number of thiophene rings is 1. The summed E-state index contributed by atoms with van der Waals surface area (Å²) < 4.78 is 39.5. The summed E-state index contributed by atoms with van der Waals surface area (Å²) in [5, 5.41) is 1.73. The van der Waals surface area contributed by atoms with Crippen molar-refractivity contribution in [1.82, 2.24) is 4.31 Å². The lowest BCUT2D eigenvalue weighted by Gasteiger charge is -2.19. The fourth-order valence-corrected chi connectivity index (χ4v) is 4.32. The molecule has 2 rings (SSSR count). The molecule has 3 nitrogen and oxygen atoms in total. The normalized spacial score (nSPS) is 11.9.